The van der Waals surface area contributed by atoms with Crippen molar-refractivity contribution in [2.24, 2.45) is 0 Å². The number of thioether (sulfide) groups is 1. The van der Waals surface area contributed by atoms with E-state index in [1.54, 1.807) is 6.92 Å². The molecule has 0 unspecified atom stereocenters. The normalized spacial score (nSPS) is 9.92. The first-order valence-corrected chi connectivity index (χ1v) is 5.70. The van der Waals surface area contributed by atoms with E-state index in [1.165, 1.54) is 23.1 Å². The first-order chi connectivity index (χ1) is 6.22. The molecule has 2 nitrogen and oxygen atoms in total. The van der Waals surface area contributed by atoms with Gasteiger partial charge in [-0.1, -0.05) is 11.8 Å². The van der Waals surface area contributed by atoms with Crippen molar-refractivity contribution in [1.29, 1.82) is 0 Å². The van der Waals surface area contributed by atoms with Crippen molar-refractivity contribution >= 4 is 34.5 Å². The van der Waals surface area contributed by atoms with Gasteiger partial charge in [0, 0.05) is 17.6 Å². The molecule has 0 bridgehead atoms. The molecule has 0 atom stereocenters. The van der Waals surface area contributed by atoms with Crippen LogP contribution in [0.1, 0.15) is 21.5 Å². The van der Waals surface area contributed by atoms with Gasteiger partial charge in [0.2, 0.25) is 0 Å². The quantitative estimate of drug-likeness (QED) is 0.722. The minimum Gasteiger partial charge on any atom is -0.297 e. The molecule has 1 aromatic rings. The van der Waals surface area contributed by atoms with Gasteiger partial charge >= 0.3 is 0 Å². The maximum atomic E-state index is 10.6. The molecular formula is C9H10O2S2. The lowest BCUT2D eigenvalue weighted by Gasteiger charge is -1.93. The van der Waals surface area contributed by atoms with E-state index in [9.17, 15) is 9.59 Å². The van der Waals surface area contributed by atoms with Crippen LogP contribution in [0.3, 0.4) is 0 Å². The number of thiophene rings is 1. The fraction of sp³-hybridized carbons (Fsp3) is 0.333. The summed E-state index contributed by atoms with van der Waals surface area (Å²) in [5, 5.41) is 0.146. The van der Waals surface area contributed by atoms with Crippen LogP contribution in [-0.2, 0) is 11.2 Å². The Hall–Kier alpha value is -0.610. The summed E-state index contributed by atoms with van der Waals surface area (Å²) in [6.07, 6.45) is 1.72. The fourth-order valence-corrected chi connectivity index (χ4v) is 2.45. The molecule has 4 heteroatoms. The topological polar surface area (TPSA) is 34.1 Å². The van der Waals surface area contributed by atoms with Gasteiger partial charge in [-0.3, -0.25) is 9.59 Å². The van der Waals surface area contributed by atoms with E-state index in [0.29, 0.717) is 0 Å². The van der Waals surface area contributed by atoms with E-state index in [0.717, 1.165) is 28.2 Å². The van der Waals surface area contributed by atoms with Crippen molar-refractivity contribution in [2.75, 3.05) is 5.75 Å². The summed E-state index contributed by atoms with van der Waals surface area (Å²) in [6.45, 7) is 1.57. The maximum absolute atomic E-state index is 10.6. The van der Waals surface area contributed by atoms with Gasteiger partial charge in [0.25, 0.3) is 0 Å². The molecule has 0 saturated heterocycles. The summed E-state index contributed by atoms with van der Waals surface area (Å²) in [6, 6.07) is 3.75. The summed E-state index contributed by atoms with van der Waals surface area (Å²) in [5.41, 5.74) is 0. The average Bonchev–Trinajstić information content (AvgIpc) is 2.52. The van der Waals surface area contributed by atoms with Crippen molar-refractivity contribution in [2.45, 2.75) is 13.3 Å². The number of hydrogen-bond donors (Lipinski definition) is 0. The number of aryl methyl sites for hydroxylation is 1. The third-order valence-corrected chi connectivity index (χ3v) is 3.34. The minimum absolute atomic E-state index is 0.146. The summed E-state index contributed by atoms with van der Waals surface area (Å²) >= 11 is 2.81. The first kappa shape index (κ1) is 10.5. The fourth-order valence-electron chi connectivity index (χ4n) is 0.888. The van der Waals surface area contributed by atoms with Crippen molar-refractivity contribution in [3.8, 4) is 0 Å². The van der Waals surface area contributed by atoms with Crippen LogP contribution in [0, 0.1) is 0 Å². The summed E-state index contributed by atoms with van der Waals surface area (Å²) in [5.74, 6) is 0.800. The summed E-state index contributed by atoms with van der Waals surface area (Å²) < 4.78 is 0. The zero-order valence-electron chi connectivity index (χ0n) is 7.28. The predicted molar refractivity (Wildman–Crippen MR) is 56.5 cm³/mol. The number of rotatable bonds is 4. The van der Waals surface area contributed by atoms with E-state index < -0.39 is 0 Å². The van der Waals surface area contributed by atoms with Crippen molar-refractivity contribution in [1.82, 2.24) is 0 Å². The van der Waals surface area contributed by atoms with Crippen molar-refractivity contribution in [3.63, 3.8) is 0 Å². The van der Waals surface area contributed by atoms with Gasteiger partial charge in [-0.05, 0) is 18.6 Å². The van der Waals surface area contributed by atoms with Crippen molar-refractivity contribution in [3.05, 3.63) is 21.9 Å². The van der Waals surface area contributed by atoms with Gasteiger partial charge in [-0.15, -0.1) is 11.3 Å². The van der Waals surface area contributed by atoms with Crippen LogP contribution in [0.15, 0.2) is 12.1 Å². The molecule has 0 radical (unpaired) electrons. The average molecular weight is 214 g/mol. The Balaban J connectivity index is 2.36. The molecule has 13 heavy (non-hydrogen) atoms. The van der Waals surface area contributed by atoms with Crippen LogP contribution in [0.5, 0.6) is 0 Å². The smallest absolute Gasteiger partial charge is 0.185 e. The largest absolute Gasteiger partial charge is 0.297 e. The van der Waals surface area contributed by atoms with Gasteiger partial charge < -0.3 is 0 Å². The van der Waals surface area contributed by atoms with Gasteiger partial charge in [-0.25, -0.2) is 0 Å². The maximum Gasteiger partial charge on any atom is 0.185 e. The molecule has 0 aliphatic heterocycles. The molecule has 0 aliphatic rings. The second-order valence-corrected chi connectivity index (χ2v) is 4.98. The molecule has 0 aromatic carbocycles. The highest BCUT2D eigenvalue weighted by Gasteiger charge is 2.00. The second-order valence-electron chi connectivity index (χ2n) is 2.51. The molecule has 0 spiro atoms. The predicted octanol–water partition coefficient (Wildman–Crippen LogP) is 2.38. The van der Waals surface area contributed by atoms with Crippen LogP contribution in [-0.4, -0.2) is 17.2 Å². The van der Waals surface area contributed by atoms with Gasteiger partial charge in [0.1, 0.15) is 0 Å². The lowest BCUT2D eigenvalue weighted by atomic mass is 10.4. The standard InChI is InChI=1S/C9H10O2S2/c1-7(11)12-5-4-8-2-3-9(6-10)13-8/h2-3,6H,4-5H2,1H3. The van der Waals surface area contributed by atoms with Crippen LogP contribution in [0.4, 0.5) is 0 Å². The van der Waals surface area contributed by atoms with E-state index in [2.05, 4.69) is 0 Å². The second kappa shape index (κ2) is 5.19. The van der Waals surface area contributed by atoms with Gasteiger partial charge in [-0.2, -0.15) is 0 Å². The zero-order chi connectivity index (χ0) is 9.68. The van der Waals surface area contributed by atoms with Crippen LogP contribution < -0.4 is 0 Å². The Kier molecular flexibility index (Phi) is 4.18. The lowest BCUT2D eigenvalue weighted by Crippen LogP contribution is -1.88. The number of aldehydes is 1. The van der Waals surface area contributed by atoms with E-state index in [-0.39, 0.29) is 5.12 Å². The number of carbonyl (C=O) groups is 2. The molecule has 70 valence electrons. The minimum atomic E-state index is 0.146. The highest BCUT2D eigenvalue weighted by atomic mass is 32.2. The van der Waals surface area contributed by atoms with Crippen LogP contribution >= 0.6 is 23.1 Å². The molecule has 1 heterocycles. The molecule has 0 saturated carbocycles. The first-order valence-electron chi connectivity index (χ1n) is 3.89. The van der Waals surface area contributed by atoms with Gasteiger partial charge in [0.05, 0.1) is 4.88 Å². The Labute approximate surface area is 85.3 Å². The van der Waals surface area contributed by atoms with Crippen molar-refractivity contribution < 1.29 is 9.59 Å². The SMILES string of the molecule is CC(=O)SCCc1ccc(C=O)s1. The highest BCUT2D eigenvalue weighted by molar-refractivity contribution is 8.13. The Morgan fingerprint density at radius 2 is 2.38 bits per heavy atom. The molecule has 0 amide bonds. The Morgan fingerprint density at radius 3 is 2.92 bits per heavy atom. The third-order valence-electron chi connectivity index (χ3n) is 1.45. The highest BCUT2D eigenvalue weighted by Crippen LogP contribution is 2.16. The Bertz CT molecular complexity index is 304. The molecule has 0 fully saturated rings. The molecule has 0 aliphatic carbocycles. The van der Waals surface area contributed by atoms with E-state index >= 15 is 0 Å². The molecule has 1 rings (SSSR count). The zero-order valence-corrected chi connectivity index (χ0v) is 8.91. The third kappa shape index (κ3) is 3.74. The number of carbonyl (C=O) groups excluding carboxylic acids is 2. The monoisotopic (exact) mass is 214 g/mol. The molecular weight excluding hydrogens is 204 g/mol. The van der Waals surface area contributed by atoms with E-state index in [4.69, 9.17) is 0 Å². The molecule has 0 N–H and O–H groups in total. The van der Waals surface area contributed by atoms with Crippen LogP contribution in [0.2, 0.25) is 0 Å². The van der Waals surface area contributed by atoms with E-state index in [1.807, 2.05) is 12.1 Å². The summed E-state index contributed by atoms with van der Waals surface area (Å²) in [7, 11) is 0. The summed E-state index contributed by atoms with van der Waals surface area (Å²) in [4.78, 5) is 22.9. The lowest BCUT2D eigenvalue weighted by molar-refractivity contribution is -0.109. The molecule has 1 aromatic heterocycles. The Morgan fingerprint density at radius 1 is 1.62 bits per heavy atom. The van der Waals surface area contributed by atoms with Gasteiger partial charge in [0.15, 0.2) is 11.4 Å². The number of hydrogen-bond acceptors (Lipinski definition) is 4. The van der Waals surface area contributed by atoms with Crippen LogP contribution in [0.25, 0.3) is 0 Å².